The van der Waals surface area contributed by atoms with Gasteiger partial charge < -0.3 is 10.5 Å². The summed E-state index contributed by atoms with van der Waals surface area (Å²) in [7, 11) is 1.21. The van der Waals surface area contributed by atoms with Crippen LogP contribution in [0.1, 0.15) is 18.4 Å². The van der Waals surface area contributed by atoms with Crippen LogP contribution < -0.4 is 15.8 Å². The van der Waals surface area contributed by atoms with Gasteiger partial charge in [-0.05, 0) is 18.9 Å². The molecule has 18 heavy (non-hydrogen) atoms. The monoisotopic (exact) mass is 256 g/mol. The third-order valence-corrected chi connectivity index (χ3v) is 3.12. The van der Waals surface area contributed by atoms with Crippen molar-refractivity contribution in [3.05, 3.63) is 29.3 Å². The number of benzene rings is 1. The van der Waals surface area contributed by atoms with E-state index in [4.69, 9.17) is 10.5 Å². The summed E-state index contributed by atoms with van der Waals surface area (Å²) in [5.41, 5.74) is 4.73. The maximum Gasteiger partial charge on any atom is 0.231 e. The molecule has 3 N–H and O–H groups in total. The lowest BCUT2D eigenvalue weighted by Gasteiger charge is -2.19. The Labute approximate surface area is 103 Å². The first kappa shape index (κ1) is 12.8. The Bertz CT molecular complexity index is 487. The van der Waals surface area contributed by atoms with Crippen LogP contribution in [0, 0.1) is 11.6 Å². The summed E-state index contributed by atoms with van der Waals surface area (Å²) in [4.78, 5) is 10.7. The van der Waals surface area contributed by atoms with Crippen molar-refractivity contribution in [1.82, 2.24) is 5.32 Å². The van der Waals surface area contributed by atoms with Crippen molar-refractivity contribution in [2.45, 2.75) is 18.4 Å². The number of halogens is 2. The molecule has 0 saturated heterocycles. The van der Waals surface area contributed by atoms with Crippen LogP contribution in [0.3, 0.4) is 0 Å². The summed E-state index contributed by atoms with van der Waals surface area (Å²) in [5.74, 6) is -2.40. The van der Waals surface area contributed by atoms with E-state index in [2.05, 4.69) is 5.32 Å². The smallest absolute Gasteiger partial charge is 0.231 e. The van der Waals surface area contributed by atoms with E-state index in [9.17, 15) is 13.6 Å². The molecule has 1 saturated carbocycles. The van der Waals surface area contributed by atoms with Gasteiger partial charge in [0, 0.05) is 11.1 Å². The van der Waals surface area contributed by atoms with Crippen molar-refractivity contribution < 1.29 is 18.3 Å². The molecule has 2 rings (SSSR count). The van der Waals surface area contributed by atoms with Crippen LogP contribution in [0.15, 0.2) is 12.1 Å². The zero-order valence-corrected chi connectivity index (χ0v) is 9.93. The van der Waals surface area contributed by atoms with E-state index < -0.39 is 28.8 Å². The van der Waals surface area contributed by atoms with Crippen molar-refractivity contribution in [2.24, 2.45) is 5.73 Å². The average molecular weight is 256 g/mol. The molecule has 1 aromatic carbocycles. The molecular formula is C12H14F2N2O2. The lowest BCUT2D eigenvalue weighted by molar-refractivity contribution is -0.117. The third kappa shape index (κ3) is 2.15. The second-order valence-corrected chi connectivity index (χ2v) is 4.34. The van der Waals surface area contributed by atoms with Crippen LogP contribution in [-0.2, 0) is 10.3 Å². The van der Waals surface area contributed by atoms with Gasteiger partial charge in [0.15, 0.2) is 17.4 Å². The highest BCUT2D eigenvalue weighted by atomic mass is 19.1. The molecule has 0 spiro atoms. The van der Waals surface area contributed by atoms with E-state index in [1.807, 2.05) is 0 Å². The summed E-state index contributed by atoms with van der Waals surface area (Å²) in [6.07, 6.45) is 1.35. The Morgan fingerprint density at radius 1 is 1.50 bits per heavy atom. The molecular weight excluding hydrogens is 242 g/mol. The van der Waals surface area contributed by atoms with Crippen molar-refractivity contribution in [3.8, 4) is 5.75 Å². The number of carbonyl (C=O) groups excluding carboxylic acids is 1. The number of carbonyl (C=O) groups is 1. The van der Waals surface area contributed by atoms with Crippen molar-refractivity contribution in [3.63, 3.8) is 0 Å². The molecule has 0 aliphatic heterocycles. The van der Waals surface area contributed by atoms with Crippen LogP contribution in [0.25, 0.3) is 0 Å². The minimum absolute atomic E-state index is 0.0425. The van der Waals surface area contributed by atoms with E-state index in [0.29, 0.717) is 18.4 Å². The fraction of sp³-hybridized carbons (Fsp3) is 0.417. The van der Waals surface area contributed by atoms with E-state index >= 15 is 0 Å². The molecule has 0 bridgehead atoms. The summed E-state index contributed by atoms with van der Waals surface area (Å²) in [5, 5.41) is 2.90. The zero-order valence-electron chi connectivity index (χ0n) is 9.93. The Hall–Kier alpha value is -1.69. The highest BCUT2D eigenvalue weighted by Crippen LogP contribution is 2.47. The van der Waals surface area contributed by atoms with E-state index in [-0.39, 0.29) is 6.54 Å². The van der Waals surface area contributed by atoms with Crippen molar-refractivity contribution in [2.75, 3.05) is 13.7 Å². The van der Waals surface area contributed by atoms with Gasteiger partial charge >= 0.3 is 0 Å². The topological polar surface area (TPSA) is 64.3 Å². The number of nitrogens with one attached hydrogen (secondary N) is 1. The predicted molar refractivity (Wildman–Crippen MR) is 61.0 cm³/mol. The number of nitrogens with two attached hydrogens (primary N) is 1. The van der Waals surface area contributed by atoms with Crippen molar-refractivity contribution in [1.29, 1.82) is 0 Å². The summed E-state index contributed by atoms with van der Waals surface area (Å²) in [6, 6.07) is 2.53. The summed E-state index contributed by atoms with van der Waals surface area (Å²) in [6.45, 7) is -0.0425. The fourth-order valence-electron chi connectivity index (χ4n) is 2.01. The number of hydrogen-bond donors (Lipinski definition) is 2. The molecule has 0 heterocycles. The number of primary amides is 1. The molecule has 4 nitrogen and oxygen atoms in total. The molecule has 98 valence electrons. The molecule has 0 aromatic heterocycles. The van der Waals surface area contributed by atoms with E-state index in [1.54, 1.807) is 0 Å². The summed E-state index contributed by atoms with van der Waals surface area (Å²) < 4.78 is 32.1. The Morgan fingerprint density at radius 2 is 2.17 bits per heavy atom. The highest BCUT2D eigenvalue weighted by Gasteiger charge is 2.46. The van der Waals surface area contributed by atoms with E-state index in [1.165, 1.54) is 13.2 Å². The number of methoxy groups -OCH3 is 1. The molecule has 6 heteroatoms. The highest BCUT2D eigenvalue weighted by molar-refractivity contribution is 5.76. The molecule has 1 aliphatic carbocycles. The first-order valence-electron chi connectivity index (χ1n) is 5.56. The molecule has 0 unspecified atom stereocenters. The molecule has 1 amide bonds. The van der Waals surface area contributed by atoms with Crippen LogP contribution in [0.4, 0.5) is 8.78 Å². The lowest BCUT2D eigenvalue weighted by Crippen LogP contribution is -2.37. The first-order chi connectivity index (χ1) is 8.50. The Morgan fingerprint density at radius 3 is 2.67 bits per heavy atom. The number of rotatable bonds is 5. The Kier molecular flexibility index (Phi) is 3.21. The SMILES string of the molecule is COc1c(F)ccc(C2(NCC(N)=O)CC2)c1F. The average Bonchev–Trinajstić information content (AvgIpc) is 3.08. The van der Waals surface area contributed by atoms with Crippen LogP contribution >= 0.6 is 0 Å². The van der Waals surface area contributed by atoms with Crippen LogP contribution in [0.5, 0.6) is 5.75 Å². The van der Waals surface area contributed by atoms with Gasteiger partial charge in [-0.2, -0.15) is 0 Å². The zero-order chi connectivity index (χ0) is 13.3. The normalized spacial score (nSPS) is 16.4. The van der Waals surface area contributed by atoms with Gasteiger partial charge in [0.25, 0.3) is 0 Å². The number of hydrogen-bond acceptors (Lipinski definition) is 3. The van der Waals surface area contributed by atoms with Crippen LogP contribution in [0.2, 0.25) is 0 Å². The van der Waals surface area contributed by atoms with Gasteiger partial charge in [-0.15, -0.1) is 0 Å². The molecule has 0 radical (unpaired) electrons. The quantitative estimate of drug-likeness (QED) is 0.827. The van der Waals surface area contributed by atoms with Gasteiger partial charge in [0.2, 0.25) is 5.91 Å². The van der Waals surface area contributed by atoms with Crippen molar-refractivity contribution >= 4 is 5.91 Å². The standard InChI is InChI=1S/C12H14F2N2O2/c1-18-11-8(13)3-2-7(10(11)14)12(4-5-12)16-6-9(15)17/h2-3,16H,4-6H2,1H3,(H2,15,17). The second kappa shape index (κ2) is 4.53. The van der Waals surface area contributed by atoms with Gasteiger partial charge in [0.05, 0.1) is 13.7 Å². The van der Waals surface area contributed by atoms with Crippen LogP contribution in [-0.4, -0.2) is 19.6 Å². The largest absolute Gasteiger partial charge is 0.491 e. The lowest BCUT2D eigenvalue weighted by atomic mass is 10.0. The minimum atomic E-state index is -0.746. The minimum Gasteiger partial charge on any atom is -0.491 e. The fourth-order valence-corrected chi connectivity index (χ4v) is 2.01. The molecule has 0 atom stereocenters. The number of amides is 1. The maximum absolute atomic E-state index is 14.1. The number of ether oxygens (including phenoxy) is 1. The molecule has 1 aliphatic rings. The second-order valence-electron chi connectivity index (χ2n) is 4.34. The summed E-state index contributed by atoms with van der Waals surface area (Å²) >= 11 is 0. The van der Waals surface area contributed by atoms with Gasteiger partial charge in [-0.3, -0.25) is 10.1 Å². The predicted octanol–water partition coefficient (Wildman–Crippen LogP) is 1.04. The third-order valence-electron chi connectivity index (χ3n) is 3.12. The van der Waals surface area contributed by atoms with Gasteiger partial charge in [-0.25, -0.2) is 8.78 Å². The van der Waals surface area contributed by atoms with E-state index in [0.717, 1.165) is 6.07 Å². The van der Waals surface area contributed by atoms with Gasteiger partial charge in [0.1, 0.15) is 0 Å². The maximum atomic E-state index is 14.1. The Balaban J connectivity index is 2.31. The molecule has 1 fully saturated rings. The molecule has 1 aromatic rings. The first-order valence-corrected chi connectivity index (χ1v) is 5.56. The van der Waals surface area contributed by atoms with Gasteiger partial charge in [-0.1, -0.05) is 6.07 Å².